The Morgan fingerprint density at radius 3 is 2.55 bits per heavy atom. The second-order valence-corrected chi connectivity index (χ2v) is 5.96. The van der Waals surface area contributed by atoms with Gasteiger partial charge in [0, 0.05) is 29.5 Å². The standard InChI is InChI=1S/C17H19ClN2/c1-12(13-6-8-19-9-7-13)20-15-10-14(11-15)16-4-2-3-5-17(16)18/h2-9,12,14-15,20H,10-11H2,1H3/t12-,14?,15?/m0/s1. The maximum Gasteiger partial charge on any atom is 0.0440 e. The Morgan fingerprint density at radius 1 is 1.15 bits per heavy atom. The first-order valence-corrected chi connectivity index (χ1v) is 7.52. The first-order chi connectivity index (χ1) is 9.74. The van der Waals surface area contributed by atoms with Crippen molar-refractivity contribution in [3.63, 3.8) is 0 Å². The van der Waals surface area contributed by atoms with Gasteiger partial charge in [0.1, 0.15) is 0 Å². The molecule has 104 valence electrons. The van der Waals surface area contributed by atoms with Crippen LogP contribution in [0.3, 0.4) is 0 Å². The minimum Gasteiger partial charge on any atom is -0.307 e. The molecule has 1 N–H and O–H groups in total. The molecule has 3 rings (SSSR count). The van der Waals surface area contributed by atoms with Crippen LogP contribution in [0.4, 0.5) is 0 Å². The highest BCUT2D eigenvalue weighted by molar-refractivity contribution is 6.31. The number of hydrogen-bond acceptors (Lipinski definition) is 2. The molecule has 0 spiro atoms. The van der Waals surface area contributed by atoms with Crippen molar-refractivity contribution in [2.24, 2.45) is 0 Å². The van der Waals surface area contributed by atoms with E-state index in [9.17, 15) is 0 Å². The number of benzene rings is 1. The van der Waals surface area contributed by atoms with Crippen molar-refractivity contribution < 1.29 is 0 Å². The van der Waals surface area contributed by atoms with Gasteiger partial charge in [-0.15, -0.1) is 0 Å². The van der Waals surface area contributed by atoms with Crippen molar-refractivity contribution in [1.82, 2.24) is 10.3 Å². The Balaban J connectivity index is 1.55. The second kappa shape index (κ2) is 5.94. The third kappa shape index (κ3) is 2.87. The number of aromatic nitrogens is 1. The highest BCUT2D eigenvalue weighted by atomic mass is 35.5. The summed E-state index contributed by atoms with van der Waals surface area (Å²) in [5.74, 6) is 0.603. The molecule has 0 amide bonds. The van der Waals surface area contributed by atoms with E-state index in [2.05, 4.69) is 41.5 Å². The van der Waals surface area contributed by atoms with E-state index in [-0.39, 0.29) is 0 Å². The average molecular weight is 287 g/mol. The molecule has 0 aliphatic heterocycles. The summed E-state index contributed by atoms with van der Waals surface area (Å²) in [5.41, 5.74) is 2.59. The van der Waals surface area contributed by atoms with E-state index in [0.29, 0.717) is 18.0 Å². The first-order valence-electron chi connectivity index (χ1n) is 7.14. The van der Waals surface area contributed by atoms with E-state index in [1.807, 2.05) is 24.5 Å². The van der Waals surface area contributed by atoms with Crippen molar-refractivity contribution in [1.29, 1.82) is 0 Å². The zero-order valence-electron chi connectivity index (χ0n) is 11.6. The van der Waals surface area contributed by atoms with Crippen molar-refractivity contribution in [2.75, 3.05) is 0 Å². The van der Waals surface area contributed by atoms with Crippen LogP contribution < -0.4 is 5.32 Å². The molecule has 1 aliphatic carbocycles. The molecule has 0 bridgehead atoms. The lowest BCUT2D eigenvalue weighted by atomic mass is 9.75. The van der Waals surface area contributed by atoms with Crippen LogP contribution in [-0.4, -0.2) is 11.0 Å². The van der Waals surface area contributed by atoms with E-state index in [1.165, 1.54) is 24.0 Å². The van der Waals surface area contributed by atoms with Crippen molar-refractivity contribution in [2.45, 2.75) is 37.8 Å². The molecule has 1 saturated carbocycles. The fraction of sp³-hybridized carbons (Fsp3) is 0.353. The van der Waals surface area contributed by atoms with Gasteiger partial charge < -0.3 is 5.32 Å². The summed E-state index contributed by atoms with van der Waals surface area (Å²) in [5, 5.41) is 4.58. The first kappa shape index (κ1) is 13.6. The summed E-state index contributed by atoms with van der Waals surface area (Å²) >= 11 is 6.25. The van der Waals surface area contributed by atoms with Gasteiger partial charge in [-0.2, -0.15) is 0 Å². The molecule has 20 heavy (non-hydrogen) atoms. The molecular weight excluding hydrogens is 268 g/mol. The van der Waals surface area contributed by atoms with E-state index in [1.54, 1.807) is 0 Å². The number of pyridine rings is 1. The molecule has 1 aromatic heterocycles. The summed E-state index contributed by atoms with van der Waals surface area (Å²) in [6.07, 6.45) is 6.03. The van der Waals surface area contributed by atoms with Crippen molar-refractivity contribution >= 4 is 11.6 Å². The molecule has 0 saturated heterocycles. The van der Waals surface area contributed by atoms with Crippen molar-refractivity contribution in [3.05, 3.63) is 64.9 Å². The van der Waals surface area contributed by atoms with Gasteiger partial charge in [-0.05, 0) is 55.0 Å². The summed E-state index contributed by atoms with van der Waals surface area (Å²) < 4.78 is 0. The van der Waals surface area contributed by atoms with Gasteiger partial charge in [0.05, 0.1) is 0 Å². The molecule has 1 heterocycles. The zero-order chi connectivity index (χ0) is 13.9. The van der Waals surface area contributed by atoms with Gasteiger partial charge >= 0.3 is 0 Å². The molecule has 2 nitrogen and oxygen atoms in total. The molecular formula is C17H19ClN2. The van der Waals surface area contributed by atoms with Gasteiger partial charge in [0.15, 0.2) is 0 Å². The van der Waals surface area contributed by atoms with Gasteiger partial charge in [0.2, 0.25) is 0 Å². The van der Waals surface area contributed by atoms with Crippen LogP contribution in [0.1, 0.15) is 42.9 Å². The Morgan fingerprint density at radius 2 is 1.85 bits per heavy atom. The zero-order valence-corrected chi connectivity index (χ0v) is 12.3. The maximum atomic E-state index is 6.25. The molecule has 1 aliphatic rings. The minimum absolute atomic E-state index is 0.371. The second-order valence-electron chi connectivity index (χ2n) is 5.56. The number of rotatable bonds is 4. The quantitative estimate of drug-likeness (QED) is 0.905. The summed E-state index contributed by atoms with van der Waals surface area (Å²) in [6.45, 7) is 2.21. The van der Waals surface area contributed by atoms with Gasteiger partial charge in [0.25, 0.3) is 0 Å². The van der Waals surface area contributed by atoms with E-state index >= 15 is 0 Å². The Kier molecular flexibility index (Phi) is 4.04. The largest absolute Gasteiger partial charge is 0.307 e. The Labute approximate surface area is 125 Å². The fourth-order valence-corrected chi connectivity index (χ4v) is 3.21. The van der Waals surface area contributed by atoms with Gasteiger partial charge in [-0.25, -0.2) is 0 Å². The normalized spacial score (nSPS) is 23.1. The Bertz CT molecular complexity index is 564. The number of nitrogens with zero attached hydrogens (tertiary/aromatic N) is 1. The number of hydrogen-bond donors (Lipinski definition) is 1. The fourth-order valence-electron chi connectivity index (χ4n) is 2.92. The van der Waals surface area contributed by atoms with Crippen LogP contribution in [0.15, 0.2) is 48.8 Å². The van der Waals surface area contributed by atoms with E-state index in [4.69, 9.17) is 11.6 Å². The molecule has 3 heteroatoms. The van der Waals surface area contributed by atoms with Gasteiger partial charge in [-0.3, -0.25) is 4.98 Å². The van der Waals surface area contributed by atoms with Crippen LogP contribution >= 0.6 is 11.6 Å². The van der Waals surface area contributed by atoms with Crippen LogP contribution in [0.5, 0.6) is 0 Å². The number of halogens is 1. The highest BCUT2D eigenvalue weighted by Crippen LogP contribution is 2.40. The minimum atomic E-state index is 0.371. The average Bonchev–Trinajstić information content (AvgIpc) is 2.44. The monoisotopic (exact) mass is 286 g/mol. The number of nitrogens with one attached hydrogen (secondary N) is 1. The smallest absolute Gasteiger partial charge is 0.0440 e. The molecule has 0 radical (unpaired) electrons. The van der Waals surface area contributed by atoms with Crippen LogP contribution in [0.2, 0.25) is 5.02 Å². The lowest BCUT2D eigenvalue weighted by molar-refractivity contribution is 0.271. The molecule has 2 aromatic rings. The van der Waals surface area contributed by atoms with Crippen LogP contribution in [0, 0.1) is 0 Å². The van der Waals surface area contributed by atoms with Gasteiger partial charge in [-0.1, -0.05) is 29.8 Å². The van der Waals surface area contributed by atoms with E-state index < -0.39 is 0 Å². The SMILES string of the molecule is C[C@H](NC1CC(c2ccccc2Cl)C1)c1ccncc1. The Hall–Kier alpha value is -1.38. The lowest BCUT2D eigenvalue weighted by Gasteiger charge is -2.38. The summed E-state index contributed by atoms with van der Waals surface area (Å²) in [7, 11) is 0. The summed E-state index contributed by atoms with van der Waals surface area (Å²) in [6, 6.07) is 13.3. The third-order valence-electron chi connectivity index (χ3n) is 4.17. The lowest BCUT2D eigenvalue weighted by Crippen LogP contribution is -2.41. The highest BCUT2D eigenvalue weighted by Gasteiger charge is 2.32. The summed E-state index contributed by atoms with van der Waals surface area (Å²) in [4.78, 5) is 4.06. The van der Waals surface area contributed by atoms with E-state index in [0.717, 1.165) is 5.02 Å². The van der Waals surface area contributed by atoms with Crippen LogP contribution in [0.25, 0.3) is 0 Å². The third-order valence-corrected chi connectivity index (χ3v) is 4.52. The van der Waals surface area contributed by atoms with Crippen molar-refractivity contribution in [3.8, 4) is 0 Å². The predicted molar refractivity (Wildman–Crippen MR) is 83.0 cm³/mol. The maximum absolute atomic E-state index is 6.25. The molecule has 1 aromatic carbocycles. The predicted octanol–water partition coefficient (Wildman–Crippen LogP) is 4.33. The topological polar surface area (TPSA) is 24.9 Å². The molecule has 1 atom stereocenters. The van der Waals surface area contributed by atoms with Crippen LogP contribution in [-0.2, 0) is 0 Å². The molecule has 0 unspecified atom stereocenters. The molecule has 1 fully saturated rings.